The van der Waals surface area contributed by atoms with Gasteiger partial charge in [0.25, 0.3) is 0 Å². The monoisotopic (exact) mass is 397 g/mol. The van der Waals surface area contributed by atoms with Gasteiger partial charge in [-0.2, -0.15) is 0 Å². The second-order valence-corrected chi connectivity index (χ2v) is 10.6. The maximum Gasteiger partial charge on any atom is 0.337 e. The van der Waals surface area contributed by atoms with E-state index in [1.165, 1.54) is 29.7 Å². The number of carboxylic acid groups (broad SMARTS) is 1. The Kier molecular flexibility index (Phi) is 5.36. The minimum absolute atomic E-state index is 0.179. The molecule has 0 saturated heterocycles. The first-order valence-corrected chi connectivity index (χ1v) is 11.3. The van der Waals surface area contributed by atoms with Gasteiger partial charge in [-0.05, 0) is 67.2 Å². The van der Waals surface area contributed by atoms with Gasteiger partial charge in [-0.15, -0.1) is 11.3 Å². The molecule has 0 unspecified atom stereocenters. The molecule has 0 bridgehead atoms. The third kappa shape index (κ3) is 3.90. The molecule has 3 nitrogen and oxygen atoms in total. The number of carboxylic acids is 1. The molecule has 1 fully saturated rings. The van der Waals surface area contributed by atoms with E-state index in [-0.39, 0.29) is 5.41 Å². The highest BCUT2D eigenvalue weighted by atomic mass is 32.1. The van der Waals surface area contributed by atoms with Gasteiger partial charge in [0.05, 0.1) is 5.56 Å². The van der Waals surface area contributed by atoms with Crippen LogP contribution in [-0.2, 0) is 19.4 Å². The molecule has 0 spiro atoms. The number of aryl methyl sites for hydroxylation is 1. The minimum Gasteiger partial charge on any atom is -0.478 e. The lowest BCUT2D eigenvalue weighted by Crippen LogP contribution is -2.29. The summed E-state index contributed by atoms with van der Waals surface area (Å²) in [6.45, 7) is 6.51. The second-order valence-electron chi connectivity index (χ2n) is 9.50. The summed E-state index contributed by atoms with van der Waals surface area (Å²) in [5.41, 5.74) is 4.17. The number of nitrogens with zero attached hydrogens (tertiary/aromatic N) is 1. The molecular weight excluding hydrogens is 366 g/mol. The molecule has 2 aromatic rings. The summed E-state index contributed by atoms with van der Waals surface area (Å²) in [5.74, 6) is 0.0610. The van der Waals surface area contributed by atoms with Crippen molar-refractivity contribution in [2.75, 3.05) is 13.6 Å². The Hall–Kier alpha value is -1.65. The molecule has 1 N–H and O–H groups in total. The molecular formula is C24H31NO2S. The van der Waals surface area contributed by atoms with Crippen molar-refractivity contribution < 1.29 is 9.90 Å². The molecule has 0 radical (unpaired) electrons. The van der Waals surface area contributed by atoms with Crippen LogP contribution in [0.5, 0.6) is 0 Å². The molecule has 2 aliphatic rings. The predicted molar refractivity (Wildman–Crippen MR) is 116 cm³/mol. The molecule has 0 amide bonds. The summed E-state index contributed by atoms with van der Waals surface area (Å²) in [6, 6.07) is 8.40. The van der Waals surface area contributed by atoms with Gasteiger partial charge in [-0.3, -0.25) is 0 Å². The van der Waals surface area contributed by atoms with Crippen molar-refractivity contribution in [3.05, 3.63) is 45.8 Å². The van der Waals surface area contributed by atoms with Gasteiger partial charge >= 0.3 is 5.97 Å². The lowest BCUT2D eigenvalue weighted by molar-refractivity contribution is 0.0696. The molecule has 4 rings (SSSR count). The van der Waals surface area contributed by atoms with Crippen molar-refractivity contribution in [1.82, 2.24) is 4.90 Å². The Bertz CT molecular complexity index is 879. The molecule has 2 aliphatic carbocycles. The van der Waals surface area contributed by atoms with E-state index in [2.05, 4.69) is 44.0 Å². The van der Waals surface area contributed by atoms with E-state index in [1.54, 1.807) is 11.3 Å². The van der Waals surface area contributed by atoms with Crippen LogP contribution in [-0.4, -0.2) is 29.6 Å². The number of aromatic carboxylic acids is 1. The number of rotatable bonds is 6. The van der Waals surface area contributed by atoms with E-state index in [0.717, 1.165) is 54.3 Å². The third-order valence-electron chi connectivity index (χ3n) is 6.49. The molecule has 1 aromatic carbocycles. The van der Waals surface area contributed by atoms with Crippen LogP contribution >= 0.6 is 11.3 Å². The topological polar surface area (TPSA) is 40.5 Å². The quantitative estimate of drug-likeness (QED) is 0.664. The first-order valence-electron chi connectivity index (χ1n) is 10.5. The van der Waals surface area contributed by atoms with Gasteiger partial charge < -0.3 is 10.0 Å². The fourth-order valence-electron chi connectivity index (χ4n) is 4.69. The number of hydrogen-bond acceptors (Lipinski definition) is 3. The van der Waals surface area contributed by atoms with E-state index in [1.807, 2.05) is 6.07 Å². The highest BCUT2D eigenvalue weighted by Crippen LogP contribution is 2.45. The van der Waals surface area contributed by atoms with E-state index in [4.69, 9.17) is 0 Å². The Morgan fingerprint density at radius 3 is 2.71 bits per heavy atom. The first kappa shape index (κ1) is 19.7. The average molecular weight is 398 g/mol. The van der Waals surface area contributed by atoms with Crippen molar-refractivity contribution in [2.24, 2.45) is 11.3 Å². The Balaban J connectivity index is 1.69. The standard InChI is InChI=1S/C24H31NO2S/c1-24(2)12-11-20-19(13-24)21(23(26)27)22(28-20)18-10-5-4-9-17(18)15-25(3)14-16-7-6-8-16/h4-5,9-10,16H,6-8,11-15H2,1-3H3,(H,26,27). The summed E-state index contributed by atoms with van der Waals surface area (Å²) < 4.78 is 0. The number of benzene rings is 1. The van der Waals surface area contributed by atoms with E-state index < -0.39 is 5.97 Å². The van der Waals surface area contributed by atoms with E-state index in [0.29, 0.717) is 5.56 Å². The van der Waals surface area contributed by atoms with E-state index in [9.17, 15) is 9.90 Å². The Morgan fingerprint density at radius 1 is 1.29 bits per heavy atom. The zero-order chi connectivity index (χ0) is 19.9. The van der Waals surface area contributed by atoms with Crippen molar-refractivity contribution in [2.45, 2.75) is 58.9 Å². The number of fused-ring (bicyclic) bond motifs is 1. The summed E-state index contributed by atoms with van der Waals surface area (Å²) in [6.07, 6.45) is 7.06. The van der Waals surface area contributed by atoms with Crippen molar-refractivity contribution in [1.29, 1.82) is 0 Å². The van der Waals surface area contributed by atoms with Crippen LogP contribution in [0.2, 0.25) is 0 Å². The molecule has 4 heteroatoms. The SMILES string of the molecule is CN(Cc1ccccc1-c1sc2c(c1C(=O)O)CC(C)(C)CC2)CC1CCC1. The van der Waals surface area contributed by atoms with Gasteiger partial charge in [0.2, 0.25) is 0 Å². The maximum atomic E-state index is 12.3. The second kappa shape index (κ2) is 7.64. The summed E-state index contributed by atoms with van der Waals surface area (Å²) >= 11 is 1.72. The maximum absolute atomic E-state index is 12.3. The molecule has 1 saturated carbocycles. The smallest absolute Gasteiger partial charge is 0.337 e. The molecule has 1 aromatic heterocycles. The van der Waals surface area contributed by atoms with Crippen LogP contribution in [0.15, 0.2) is 24.3 Å². The van der Waals surface area contributed by atoms with Crippen LogP contribution in [0.3, 0.4) is 0 Å². The lowest BCUT2D eigenvalue weighted by atomic mass is 9.76. The largest absolute Gasteiger partial charge is 0.478 e. The fourth-order valence-corrected chi connectivity index (χ4v) is 6.06. The highest BCUT2D eigenvalue weighted by molar-refractivity contribution is 7.16. The number of thiophene rings is 1. The van der Waals surface area contributed by atoms with Gasteiger partial charge in [0.1, 0.15) is 0 Å². The molecule has 1 heterocycles. The molecule has 150 valence electrons. The normalized spacial score (nSPS) is 18.7. The van der Waals surface area contributed by atoms with E-state index >= 15 is 0 Å². The zero-order valence-corrected chi connectivity index (χ0v) is 18.1. The molecule has 0 aliphatic heterocycles. The van der Waals surface area contributed by atoms with Crippen LogP contribution in [0.25, 0.3) is 10.4 Å². The Morgan fingerprint density at radius 2 is 2.04 bits per heavy atom. The van der Waals surface area contributed by atoms with Crippen molar-refractivity contribution in [3.63, 3.8) is 0 Å². The molecule has 0 atom stereocenters. The third-order valence-corrected chi connectivity index (χ3v) is 7.81. The van der Waals surface area contributed by atoms with Crippen LogP contribution in [0, 0.1) is 11.3 Å². The summed E-state index contributed by atoms with van der Waals surface area (Å²) in [5, 5.41) is 10.1. The average Bonchev–Trinajstić information content (AvgIpc) is 2.96. The summed E-state index contributed by atoms with van der Waals surface area (Å²) in [4.78, 5) is 16.9. The number of carbonyl (C=O) groups is 1. The first-order chi connectivity index (χ1) is 13.3. The molecule has 28 heavy (non-hydrogen) atoms. The van der Waals surface area contributed by atoms with Crippen LogP contribution in [0.1, 0.15) is 65.9 Å². The van der Waals surface area contributed by atoms with Gasteiger partial charge in [0, 0.05) is 22.8 Å². The van der Waals surface area contributed by atoms with Crippen LogP contribution < -0.4 is 0 Å². The fraction of sp³-hybridized carbons (Fsp3) is 0.542. The van der Waals surface area contributed by atoms with Gasteiger partial charge in [-0.1, -0.05) is 44.5 Å². The lowest BCUT2D eigenvalue weighted by Gasteiger charge is -2.30. The number of hydrogen-bond donors (Lipinski definition) is 1. The van der Waals surface area contributed by atoms with Crippen molar-refractivity contribution >= 4 is 17.3 Å². The minimum atomic E-state index is -0.775. The predicted octanol–water partition coefficient (Wildman–Crippen LogP) is 5.86. The summed E-state index contributed by atoms with van der Waals surface area (Å²) in [7, 11) is 2.19. The van der Waals surface area contributed by atoms with Gasteiger partial charge in [-0.25, -0.2) is 4.79 Å². The van der Waals surface area contributed by atoms with Crippen molar-refractivity contribution in [3.8, 4) is 10.4 Å². The Labute approximate surface area is 172 Å². The zero-order valence-electron chi connectivity index (χ0n) is 17.3. The highest BCUT2D eigenvalue weighted by Gasteiger charge is 2.33. The van der Waals surface area contributed by atoms with Crippen LogP contribution in [0.4, 0.5) is 0 Å². The van der Waals surface area contributed by atoms with Gasteiger partial charge in [0.15, 0.2) is 0 Å².